The van der Waals surface area contributed by atoms with Crippen molar-refractivity contribution < 1.29 is 9.90 Å². The van der Waals surface area contributed by atoms with Gasteiger partial charge in [0.05, 0.1) is 0 Å². The third-order valence-electron chi connectivity index (χ3n) is 3.24. The molecule has 3 heteroatoms. The highest BCUT2D eigenvalue weighted by Gasteiger charge is 2.13. The highest BCUT2D eigenvalue weighted by molar-refractivity contribution is 5.86. The fraction of sp³-hybridized carbons (Fsp3) is 0.312. The van der Waals surface area contributed by atoms with Crippen LogP contribution in [0.3, 0.4) is 0 Å². The molecule has 0 amide bonds. The number of nitrogens with zero attached hydrogens (tertiary/aromatic N) is 1. The second-order valence-electron chi connectivity index (χ2n) is 4.83. The smallest absolute Gasteiger partial charge is 0.352 e. The van der Waals surface area contributed by atoms with Crippen molar-refractivity contribution in [2.24, 2.45) is 0 Å². The second kappa shape index (κ2) is 5.74. The number of aromatic nitrogens is 1. The van der Waals surface area contributed by atoms with Gasteiger partial charge in [0.25, 0.3) is 0 Å². The summed E-state index contributed by atoms with van der Waals surface area (Å²) < 4.78 is 1.90. The summed E-state index contributed by atoms with van der Waals surface area (Å²) in [6.45, 7) is 4.86. The average Bonchev–Trinajstić information content (AvgIpc) is 2.76. The van der Waals surface area contributed by atoms with Crippen LogP contribution in [-0.4, -0.2) is 15.6 Å². The second-order valence-corrected chi connectivity index (χ2v) is 4.83. The molecule has 1 N–H and O–H groups in total. The molecule has 0 aliphatic carbocycles. The van der Waals surface area contributed by atoms with Crippen molar-refractivity contribution >= 4 is 5.97 Å². The van der Waals surface area contributed by atoms with Crippen LogP contribution in [0.25, 0.3) is 0 Å². The minimum atomic E-state index is -0.858. The van der Waals surface area contributed by atoms with Crippen molar-refractivity contribution in [1.82, 2.24) is 4.57 Å². The Bertz CT molecular complexity index is 567. The number of rotatable bonds is 5. The number of carboxylic acid groups (broad SMARTS) is 1. The fourth-order valence-electron chi connectivity index (χ4n) is 2.25. The minimum absolute atomic E-state index is 0.379. The predicted molar refractivity (Wildman–Crippen MR) is 75.7 cm³/mol. The maximum atomic E-state index is 11.2. The maximum Gasteiger partial charge on any atom is 0.352 e. The average molecular weight is 257 g/mol. The zero-order valence-electron chi connectivity index (χ0n) is 11.4. The van der Waals surface area contributed by atoms with E-state index >= 15 is 0 Å². The van der Waals surface area contributed by atoms with E-state index in [9.17, 15) is 9.90 Å². The summed E-state index contributed by atoms with van der Waals surface area (Å²) in [5.74, 6) is -0.858. The van der Waals surface area contributed by atoms with Gasteiger partial charge in [-0.3, -0.25) is 0 Å². The molecule has 0 bridgehead atoms. The van der Waals surface area contributed by atoms with Gasteiger partial charge in [0.1, 0.15) is 5.69 Å². The Morgan fingerprint density at radius 1 is 1.16 bits per heavy atom. The highest BCUT2D eigenvalue weighted by atomic mass is 16.4. The Labute approximate surface area is 113 Å². The molecule has 2 aromatic rings. The zero-order chi connectivity index (χ0) is 13.8. The van der Waals surface area contributed by atoms with Crippen LogP contribution in [-0.2, 0) is 13.0 Å². The molecule has 1 aromatic carbocycles. The molecule has 0 unspecified atom stereocenters. The van der Waals surface area contributed by atoms with Crippen molar-refractivity contribution in [2.75, 3.05) is 0 Å². The largest absolute Gasteiger partial charge is 0.477 e. The van der Waals surface area contributed by atoms with Gasteiger partial charge in [-0.2, -0.15) is 0 Å². The molecule has 0 saturated carbocycles. The van der Waals surface area contributed by atoms with E-state index in [4.69, 9.17) is 0 Å². The number of benzene rings is 1. The summed E-state index contributed by atoms with van der Waals surface area (Å²) in [6.07, 6.45) is 1.70. The normalized spacial score (nSPS) is 10.6. The molecule has 100 valence electrons. The Morgan fingerprint density at radius 2 is 1.84 bits per heavy atom. The lowest BCUT2D eigenvalue weighted by Crippen LogP contribution is -2.11. The molecule has 1 heterocycles. The molecule has 0 fully saturated rings. The monoisotopic (exact) mass is 257 g/mol. The van der Waals surface area contributed by atoms with E-state index in [1.54, 1.807) is 6.07 Å². The number of aryl methyl sites for hydroxylation is 1. The Balaban J connectivity index is 2.29. The SMILES string of the molecule is CCCn1c(Cc2ccc(C)cc2)ccc1C(=O)O. The molecule has 0 atom stereocenters. The molecule has 2 rings (SSSR count). The van der Waals surface area contributed by atoms with Gasteiger partial charge in [0.2, 0.25) is 0 Å². The first-order valence-electron chi connectivity index (χ1n) is 6.59. The van der Waals surface area contributed by atoms with Crippen LogP contribution >= 0.6 is 0 Å². The molecule has 19 heavy (non-hydrogen) atoms. The van der Waals surface area contributed by atoms with Crippen LogP contribution in [0, 0.1) is 6.92 Å². The molecule has 0 spiro atoms. The number of aromatic carboxylic acids is 1. The van der Waals surface area contributed by atoms with Crippen molar-refractivity contribution in [3.05, 3.63) is 58.9 Å². The van der Waals surface area contributed by atoms with E-state index in [0.29, 0.717) is 5.69 Å². The van der Waals surface area contributed by atoms with Gasteiger partial charge in [0.15, 0.2) is 0 Å². The summed E-state index contributed by atoms with van der Waals surface area (Å²) in [5.41, 5.74) is 3.88. The van der Waals surface area contributed by atoms with E-state index < -0.39 is 5.97 Å². The van der Waals surface area contributed by atoms with Crippen molar-refractivity contribution in [1.29, 1.82) is 0 Å². The van der Waals surface area contributed by atoms with Crippen molar-refractivity contribution in [3.8, 4) is 0 Å². The van der Waals surface area contributed by atoms with Crippen LogP contribution in [0.2, 0.25) is 0 Å². The van der Waals surface area contributed by atoms with Gasteiger partial charge in [-0.25, -0.2) is 4.79 Å². The predicted octanol–water partition coefficient (Wildman–Crippen LogP) is 3.50. The Kier molecular flexibility index (Phi) is 4.05. The first kappa shape index (κ1) is 13.4. The zero-order valence-corrected chi connectivity index (χ0v) is 11.4. The topological polar surface area (TPSA) is 42.2 Å². The summed E-state index contributed by atoms with van der Waals surface area (Å²) in [4.78, 5) is 11.2. The van der Waals surface area contributed by atoms with E-state index in [0.717, 1.165) is 25.1 Å². The molecule has 3 nitrogen and oxygen atoms in total. The summed E-state index contributed by atoms with van der Waals surface area (Å²) >= 11 is 0. The van der Waals surface area contributed by atoms with E-state index in [1.807, 2.05) is 10.6 Å². The first-order chi connectivity index (χ1) is 9.11. The van der Waals surface area contributed by atoms with Crippen LogP contribution in [0.4, 0.5) is 0 Å². The lowest BCUT2D eigenvalue weighted by molar-refractivity contribution is 0.0684. The highest BCUT2D eigenvalue weighted by Crippen LogP contribution is 2.16. The van der Waals surface area contributed by atoms with Gasteiger partial charge in [0, 0.05) is 18.7 Å². The molecular weight excluding hydrogens is 238 g/mol. The lowest BCUT2D eigenvalue weighted by atomic mass is 10.1. The van der Waals surface area contributed by atoms with Crippen LogP contribution in [0.5, 0.6) is 0 Å². The molecule has 0 aliphatic rings. The maximum absolute atomic E-state index is 11.2. The molecule has 0 radical (unpaired) electrons. The Morgan fingerprint density at radius 3 is 2.42 bits per heavy atom. The van der Waals surface area contributed by atoms with Gasteiger partial charge in [-0.15, -0.1) is 0 Å². The van der Waals surface area contributed by atoms with Crippen molar-refractivity contribution in [2.45, 2.75) is 33.2 Å². The minimum Gasteiger partial charge on any atom is -0.477 e. The number of hydrogen-bond acceptors (Lipinski definition) is 1. The quantitative estimate of drug-likeness (QED) is 0.890. The number of hydrogen-bond donors (Lipinski definition) is 1. The van der Waals surface area contributed by atoms with Crippen LogP contribution in [0.1, 0.15) is 40.7 Å². The Hall–Kier alpha value is -2.03. The standard InChI is InChI=1S/C16H19NO2/c1-3-10-17-14(8-9-15(17)16(18)19)11-13-6-4-12(2)5-7-13/h4-9H,3,10-11H2,1-2H3,(H,18,19). The van der Waals surface area contributed by atoms with Gasteiger partial charge in [-0.05, 0) is 31.0 Å². The van der Waals surface area contributed by atoms with Gasteiger partial charge >= 0.3 is 5.97 Å². The molecular formula is C16H19NO2. The fourth-order valence-corrected chi connectivity index (χ4v) is 2.25. The van der Waals surface area contributed by atoms with Gasteiger partial charge in [-0.1, -0.05) is 36.8 Å². The third kappa shape index (κ3) is 3.05. The van der Waals surface area contributed by atoms with Crippen LogP contribution in [0.15, 0.2) is 36.4 Å². The van der Waals surface area contributed by atoms with Gasteiger partial charge < -0.3 is 9.67 Å². The summed E-state index contributed by atoms with van der Waals surface area (Å²) in [7, 11) is 0. The molecule has 1 aromatic heterocycles. The van der Waals surface area contributed by atoms with E-state index in [2.05, 4.69) is 38.1 Å². The lowest BCUT2D eigenvalue weighted by Gasteiger charge is -2.10. The third-order valence-corrected chi connectivity index (χ3v) is 3.24. The van der Waals surface area contributed by atoms with Crippen molar-refractivity contribution in [3.63, 3.8) is 0 Å². The van der Waals surface area contributed by atoms with Crippen LogP contribution < -0.4 is 0 Å². The number of carboxylic acids is 1. The first-order valence-corrected chi connectivity index (χ1v) is 6.59. The van der Waals surface area contributed by atoms with E-state index in [-0.39, 0.29) is 0 Å². The van der Waals surface area contributed by atoms with E-state index in [1.165, 1.54) is 11.1 Å². The summed E-state index contributed by atoms with van der Waals surface area (Å²) in [6, 6.07) is 12.0. The number of carbonyl (C=O) groups is 1. The molecule has 0 aliphatic heterocycles. The molecule has 0 saturated heterocycles. The summed E-state index contributed by atoms with van der Waals surface area (Å²) in [5, 5.41) is 9.19.